The second-order valence-electron chi connectivity index (χ2n) is 4.68. The van der Waals surface area contributed by atoms with Gasteiger partial charge in [0.25, 0.3) is 0 Å². The van der Waals surface area contributed by atoms with Crippen molar-refractivity contribution in [2.24, 2.45) is 0 Å². The van der Waals surface area contributed by atoms with Crippen LogP contribution >= 0.6 is 0 Å². The van der Waals surface area contributed by atoms with E-state index in [9.17, 15) is 5.11 Å². The Morgan fingerprint density at radius 3 is 2.15 bits per heavy atom. The normalized spacial score (nSPS) is 17.1. The molecule has 0 fully saturated rings. The van der Waals surface area contributed by atoms with E-state index in [0.29, 0.717) is 13.2 Å². The van der Waals surface area contributed by atoms with E-state index < -0.39 is 5.60 Å². The fourth-order valence-electron chi connectivity index (χ4n) is 0.817. The molecule has 0 bridgehead atoms. The lowest BCUT2D eigenvalue weighted by Gasteiger charge is -2.28. The summed E-state index contributed by atoms with van der Waals surface area (Å²) in [5, 5.41) is 12.9. The first-order valence-electron chi connectivity index (χ1n) is 4.84. The summed E-state index contributed by atoms with van der Waals surface area (Å²) in [7, 11) is 0. The zero-order valence-corrected chi connectivity index (χ0v) is 9.48. The van der Waals surface area contributed by atoms with Crippen molar-refractivity contribution in [2.75, 3.05) is 19.7 Å². The summed E-state index contributed by atoms with van der Waals surface area (Å²) in [6.07, 6.45) is 0. The van der Waals surface area contributed by atoms with Crippen molar-refractivity contribution in [1.82, 2.24) is 5.32 Å². The number of hydrogen-bond donors (Lipinski definition) is 2. The van der Waals surface area contributed by atoms with E-state index in [1.54, 1.807) is 6.92 Å². The van der Waals surface area contributed by atoms with E-state index in [0.717, 1.165) is 6.54 Å². The molecule has 0 saturated carbocycles. The molecule has 2 N–H and O–H groups in total. The zero-order chi connectivity index (χ0) is 10.5. The Labute approximate surface area is 81.5 Å². The summed E-state index contributed by atoms with van der Waals surface area (Å²) in [5.74, 6) is 0. The van der Waals surface area contributed by atoms with Crippen LogP contribution in [-0.2, 0) is 4.74 Å². The first-order chi connectivity index (χ1) is 5.77. The predicted molar refractivity (Wildman–Crippen MR) is 54.9 cm³/mol. The summed E-state index contributed by atoms with van der Waals surface area (Å²) in [4.78, 5) is 0. The van der Waals surface area contributed by atoms with Gasteiger partial charge in [0.15, 0.2) is 0 Å². The van der Waals surface area contributed by atoms with Crippen LogP contribution in [0.3, 0.4) is 0 Å². The van der Waals surface area contributed by atoms with Crippen LogP contribution in [0.1, 0.15) is 34.6 Å². The van der Waals surface area contributed by atoms with Crippen LogP contribution in [-0.4, -0.2) is 36.0 Å². The van der Waals surface area contributed by atoms with Crippen molar-refractivity contribution in [3.63, 3.8) is 0 Å². The average Bonchev–Trinajstić information content (AvgIpc) is 1.97. The first-order valence-corrected chi connectivity index (χ1v) is 4.84. The molecule has 3 nitrogen and oxygen atoms in total. The topological polar surface area (TPSA) is 41.5 Å². The Hall–Kier alpha value is -0.120. The van der Waals surface area contributed by atoms with Crippen LogP contribution in [0.25, 0.3) is 0 Å². The Balaban J connectivity index is 3.75. The highest BCUT2D eigenvalue weighted by atomic mass is 16.5. The number of hydrogen-bond acceptors (Lipinski definition) is 3. The second kappa shape index (κ2) is 4.94. The average molecular weight is 189 g/mol. The van der Waals surface area contributed by atoms with E-state index >= 15 is 0 Å². The van der Waals surface area contributed by atoms with Crippen molar-refractivity contribution >= 4 is 0 Å². The fraction of sp³-hybridized carbons (Fsp3) is 1.00. The van der Waals surface area contributed by atoms with Gasteiger partial charge in [-0.25, -0.2) is 0 Å². The molecule has 0 aliphatic heterocycles. The lowest BCUT2D eigenvalue weighted by atomic mass is 10.1. The SMILES string of the molecule is CCNCC(C)(O)COC(C)(C)C. The largest absolute Gasteiger partial charge is 0.386 e. The zero-order valence-electron chi connectivity index (χ0n) is 9.48. The molecule has 0 aromatic carbocycles. The van der Waals surface area contributed by atoms with Gasteiger partial charge >= 0.3 is 0 Å². The van der Waals surface area contributed by atoms with Gasteiger partial charge in [0, 0.05) is 6.54 Å². The maximum Gasteiger partial charge on any atom is 0.0975 e. The lowest BCUT2D eigenvalue weighted by molar-refractivity contribution is -0.0893. The molecule has 0 heterocycles. The molecule has 0 amide bonds. The number of aliphatic hydroxyl groups is 1. The van der Waals surface area contributed by atoms with Crippen LogP contribution in [0.4, 0.5) is 0 Å². The highest BCUT2D eigenvalue weighted by Gasteiger charge is 2.23. The molecule has 0 radical (unpaired) electrons. The van der Waals surface area contributed by atoms with E-state index in [1.807, 2.05) is 27.7 Å². The van der Waals surface area contributed by atoms with E-state index in [-0.39, 0.29) is 5.60 Å². The molecule has 3 heteroatoms. The van der Waals surface area contributed by atoms with Gasteiger partial charge in [-0.15, -0.1) is 0 Å². The summed E-state index contributed by atoms with van der Waals surface area (Å²) in [6, 6.07) is 0. The highest BCUT2D eigenvalue weighted by Crippen LogP contribution is 2.11. The van der Waals surface area contributed by atoms with E-state index in [4.69, 9.17) is 4.74 Å². The van der Waals surface area contributed by atoms with Crippen LogP contribution in [0, 0.1) is 0 Å². The van der Waals surface area contributed by atoms with Gasteiger partial charge < -0.3 is 15.2 Å². The smallest absolute Gasteiger partial charge is 0.0975 e. The number of ether oxygens (including phenoxy) is 1. The van der Waals surface area contributed by atoms with Crippen LogP contribution < -0.4 is 5.32 Å². The van der Waals surface area contributed by atoms with Crippen molar-refractivity contribution in [1.29, 1.82) is 0 Å². The van der Waals surface area contributed by atoms with Crippen molar-refractivity contribution in [2.45, 2.75) is 45.8 Å². The molecule has 0 aliphatic rings. The molecular formula is C10H23NO2. The third-order valence-corrected chi connectivity index (χ3v) is 1.57. The monoisotopic (exact) mass is 189 g/mol. The molecular weight excluding hydrogens is 166 g/mol. The second-order valence-corrected chi connectivity index (χ2v) is 4.68. The third-order valence-electron chi connectivity index (χ3n) is 1.57. The molecule has 0 aliphatic carbocycles. The molecule has 0 aromatic rings. The first kappa shape index (κ1) is 12.9. The van der Waals surface area contributed by atoms with Crippen molar-refractivity contribution in [3.8, 4) is 0 Å². The third kappa shape index (κ3) is 8.22. The molecule has 0 spiro atoms. The quantitative estimate of drug-likeness (QED) is 0.682. The van der Waals surface area contributed by atoms with Crippen LogP contribution in [0.5, 0.6) is 0 Å². The van der Waals surface area contributed by atoms with Gasteiger partial charge in [0.2, 0.25) is 0 Å². The van der Waals surface area contributed by atoms with Crippen LogP contribution in [0.15, 0.2) is 0 Å². The fourth-order valence-corrected chi connectivity index (χ4v) is 0.817. The Morgan fingerprint density at radius 2 is 1.77 bits per heavy atom. The van der Waals surface area contributed by atoms with Crippen LogP contribution in [0.2, 0.25) is 0 Å². The molecule has 0 rings (SSSR count). The minimum atomic E-state index is -0.775. The number of rotatable bonds is 5. The molecule has 1 unspecified atom stereocenters. The summed E-state index contributed by atoms with van der Waals surface area (Å²) >= 11 is 0. The Kier molecular flexibility index (Phi) is 4.89. The minimum Gasteiger partial charge on any atom is -0.386 e. The van der Waals surface area contributed by atoms with E-state index in [1.165, 1.54) is 0 Å². The van der Waals surface area contributed by atoms with E-state index in [2.05, 4.69) is 5.32 Å². The standard InChI is InChI=1S/C10H23NO2/c1-6-11-7-10(5,12)8-13-9(2,3)4/h11-12H,6-8H2,1-5H3. The van der Waals surface area contributed by atoms with Gasteiger partial charge in [0.05, 0.1) is 17.8 Å². The lowest BCUT2D eigenvalue weighted by Crippen LogP contribution is -2.43. The molecule has 1 atom stereocenters. The summed E-state index contributed by atoms with van der Waals surface area (Å²) < 4.78 is 5.50. The van der Waals surface area contributed by atoms with Gasteiger partial charge in [-0.05, 0) is 34.2 Å². The van der Waals surface area contributed by atoms with Gasteiger partial charge in [-0.3, -0.25) is 0 Å². The maximum atomic E-state index is 9.82. The minimum absolute atomic E-state index is 0.184. The Bertz CT molecular complexity index is 138. The molecule has 80 valence electrons. The molecule has 13 heavy (non-hydrogen) atoms. The predicted octanol–water partition coefficient (Wildman–Crippen LogP) is 1.16. The van der Waals surface area contributed by atoms with Crippen molar-refractivity contribution in [3.05, 3.63) is 0 Å². The number of nitrogens with one attached hydrogen (secondary N) is 1. The summed E-state index contributed by atoms with van der Waals surface area (Å²) in [6.45, 7) is 11.5. The maximum absolute atomic E-state index is 9.82. The Morgan fingerprint density at radius 1 is 1.23 bits per heavy atom. The molecule has 0 saturated heterocycles. The highest BCUT2D eigenvalue weighted by molar-refractivity contribution is 4.76. The molecule has 0 aromatic heterocycles. The van der Waals surface area contributed by atoms with Gasteiger partial charge in [-0.2, -0.15) is 0 Å². The van der Waals surface area contributed by atoms with Gasteiger partial charge in [0.1, 0.15) is 0 Å². The summed E-state index contributed by atoms with van der Waals surface area (Å²) in [5.41, 5.74) is -0.959. The van der Waals surface area contributed by atoms with Gasteiger partial charge in [-0.1, -0.05) is 6.92 Å². The number of likely N-dealkylation sites (N-methyl/N-ethyl adjacent to an activating group) is 1. The van der Waals surface area contributed by atoms with Crippen molar-refractivity contribution < 1.29 is 9.84 Å².